The van der Waals surface area contributed by atoms with E-state index in [-0.39, 0.29) is 23.2 Å². The summed E-state index contributed by atoms with van der Waals surface area (Å²) >= 11 is 0.887. The Hall–Kier alpha value is -3.28. The second-order valence-electron chi connectivity index (χ2n) is 8.82. The van der Waals surface area contributed by atoms with Crippen molar-refractivity contribution in [2.24, 2.45) is 7.05 Å². The van der Waals surface area contributed by atoms with Crippen molar-refractivity contribution < 1.29 is 9.53 Å². The molecule has 1 fully saturated rings. The number of nitrogens with one attached hydrogen (secondary N) is 2. The summed E-state index contributed by atoms with van der Waals surface area (Å²) in [6.07, 6.45) is 3.52. The van der Waals surface area contributed by atoms with Crippen LogP contribution in [0.25, 0.3) is 16.9 Å². The Balaban J connectivity index is 1.44. The molecule has 0 aliphatic heterocycles. The van der Waals surface area contributed by atoms with Gasteiger partial charge in [-0.3, -0.25) is 9.36 Å². The number of anilines is 1. The van der Waals surface area contributed by atoms with Crippen molar-refractivity contribution in [2.45, 2.75) is 57.7 Å². The van der Waals surface area contributed by atoms with Gasteiger partial charge in [0.2, 0.25) is 0 Å². The van der Waals surface area contributed by atoms with Crippen LogP contribution in [0.15, 0.2) is 27.9 Å². The Kier molecular flexibility index (Phi) is 5.71. The third kappa shape index (κ3) is 4.49. The summed E-state index contributed by atoms with van der Waals surface area (Å²) in [6, 6.07) is 3.55. The molecule has 1 aliphatic carbocycles. The molecule has 32 heavy (non-hydrogen) atoms. The minimum absolute atomic E-state index is 0.0293. The van der Waals surface area contributed by atoms with Gasteiger partial charge in [0.05, 0.1) is 23.6 Å². The van der Waals surface area contributed by atoms with Crippen LogP contribution in [0.5, 0.6) is 0 Å². The van der Waals surface area contributed by atoms with E-state index in [1.54, 1.807) is 19.2 Å². The van der Waals surface area contributed by atoms with Crippen LogP contribution >= 0.6 is 11.7 Å². The Morgan fingerprint density at radius 3 is 2.62 bits per heavy atom. The lowest BCUT2D eigenvalue weighted by atomic mass is 10.2. The number of ether oxygens (including phenoxy) is 1. The number of amides is 1. The van der Waals surface area contributed by atoms with Gasteiger partial charge in [-0.2, -0.15) is 8.75 Å². The van der Waals surface area contributed by atoms with E-state index in [9.17, 15) is 14.4 Å². The average Bonchev–Trinajstić information content (AvgIpc) is 3.36. The molecule has 12 heteroatoms. The minimum atomic E-state index is -0.532. The minimum Gasteiger partial charge on any atom is -0.444 e. The molecule has 4 rings (SSSR count). The van der Waals surface area contributed by atoms with Gasteiger partial charge in [0.1, 0.15) is 11.4 Å². The number of hydrogen-bond acceptors (Lipinski definition) is 9. The van der Waals surface area contributed by atoms with Crippen LogP contribution in [0.4, 0.5) is 10.6 Å². The predicted molar refractivity (Wildman–Crippen MR) is 120 cm³/mol. The molecule has 3 aromatic heterocycles. The van der Waals surface area contributed by atoms with Crippen molar-refractivity contribution in [1.29, 1.82) is 0 Å². The number of alkyl carbamates (subject to hydrolysis) is 1. The lowest BCUT2D eigenvalue weighted by Crippen LogP contribution is -2.38. The summed E-state index contributed by atoms with van der Waals surface area (Å²) in [7, 11) is 1.55. The van der Waals surface area contributed by atoms with Crippen molar-refractivity contribution in [3.8, 4) is 5.69 Å². The summed E-state index contributed by atoms with van der Waals surface area (Å²) in [4.78, 5) is 41.7. The first-order valence-electron chi connectivity index (χ1n) is 10.3. The maximum atomic E-state index is 12.7. The highest BCUT2D eigenvalue weighted by molar-refractivity contribution is 7.00. The Morgan fingerprint density at radius 1 is 1.19 bits per heavy atom. The fourth-order valence-corrected chi connectivity index (χ4v) is 4.30. The standard InChI is InChI=1S/C20H25N7O4S/c1-20(2,3)31-18(29)23-12-6-5-11(9-12)22-14-8-7-13(10-21-14)27-17(28)15-16(25-32-24-15)26(4)19(27)30/h7-8,10-12H,5-6,9H2,1-4H3,(H,21,22)(H,23,29)/t11-,12-/m0/s1. The van der Waals surface area contributed by atoms with E-state index in [1.807, 2.05) is 20.8 Å². The quantitative estimate of drug-likeness (QED) is 0.603. The van der Waals surface area contributed by atoms with Gasteiger partial charge in [-0.15, -0.1) is 0 Å². The monoisotopic (exact) mass is 459 g/mol. The first-order chi connectivity index (χ1) is 15.1. The third-order valence-electron chi connectivity index (χ3n) is 5.18. The molecule has 0 radical (unpaired) electrons. The van der Waals surface area contributed by atoms with Crippen LogP contribution in [-0.4, -0.2) is 46.6 Å². The lowest BCUT2D eigenvalue weighted by Gasteiger charge is -2.22. The molecular weight excluding hydrogens is 434 g/mol. The topological polar surface area (TPSA) is 133 Å². The molecule has 11 nitrogen and oxygen atoms in total. The first-order valence-corrected chi connectivity index (χ1v) is 11.0. The number of carbonyl (C=O) groups excluding carboxylic acids is 1. The van der Waals surface area contributed by atoms with E-state index in [2.05, 4.69) is 24.4 Å². The van der Waals surface area contributed by atoms with Gasteiger partial charge in [0.25, 0.3) is 5.56 Å². The van der Waals surface area contributed by atoms with Gasteiger partial charge >= 0.3 is 11.8 Å². The third-order valence-corrected chi connectivity index (χ3v) is 5.70. The largest absolute Gasteiger partial charge is 0.444 e. The zero-order chi connectivity index (χ0) is 23.0. The highest BCUT2D eigenvalue weighted by atomic mass is 32.1. The van der Waals surface area contributed by atoms with Gasteiger partial charge in [-0.05, 0) is 52.2 Å². The highest BCUT2D eigenvalue weighted by Crippen LogP contribution is 2.23. The molecule has 3 aromatic rings. The van der Waals surface area contributed by atoms with Crippen LogP contribution < -0.4 is 21.9 Å². The van der Waals surface area contributed by atoms with E-state index < -0.39 is 22.9 Å². The van der Waals surface area contributed by atoms with Crippen molar-refractivity contribution in [3.63, 3.8) is 0 Å². The maximum Gasteiger partial charge on any atom is 0.407 e. The van der Waals surface area contributed by atoms with Gasteiger partial charge in [-0.1, -0.05) is 0 Å². The van der Waals surface area contributed by atoms with Crippen LogP contribution in [0.1, 0.15) is 40.0 Å². The number of carbonyl (C=O) groups is 1. The Labute approximate surface area is 187 Å². The number of hydrogen-bond donors (Lipinski definition) is 2. The van der Waals surface area contributed by atoms with Crippen LogP contribution in [0, 0.1) is 0 Å². The Morgan fingerprint density at radius 2 is 1.94 bits per heavy atom. The summed E-state index contributed by atoms with van der Waals surface area (Å²) in [5.74, 6) is 0.623. The molecule has 2 N–H and O–H groups in total. The van der Waals surface area contributed by atoms with E-state index >= 15 is 0 Å². The molecule has 1 amide bonds. The molecule has 0 saturated heterocycles. The van der Waals surface area contributed by atoms with Crippen LogP contribution in [-0.2, 0) is 11.8 Å². The van der Waals surface area contributed by atoms with Crippen molar-refractivity contribution >= 4 is 34.8 Å². The smallest absolute Gasteiger partial charge is 0.407 e. The van der Waals surface area contributed by atoms with Gasteiger partial charge < -0.3 is 15.4 Å². The number of aromatic nitrogens is 5. The molecular formula is C20H25N7O4S. The molecule has 170 valence electrons. The average molecular weight is 460 g/mol. The molecule has 1 saturated carbocycles. The summed E-state index contributed by atoms with van der Waals surface area (Å²) in [5.41, 5.74) is -0.796. The highest BCUT2D eigenvalue weighted by Gasteiger charge is 2.28. The normalized spacial score (nSPS) is 18.6. The van der Waals surface area contributed by atoms with Crippen LogP contribution in [0.2, 0.25) is 0 Å². The summed E-state index contributed by atoms with van der Waals surface area (Å²) in [6.45, 7) is 5.49. The van der Waals surface area contributed by atoms with Crippen LogP contribution in [0.3, 0.4) is 0 Å². The Bertz CT molecular complexity index is 1260. The SMILES string of the molecule is Cn1c(=O)n(-c2ccc(N[C@H]3CC[C@H](NC(=O)OC(C)(C)C)C3)nc2)c(=O)c2nsnc21. The predicted octanol–water partition coefficient (Wildman–Crippen LogP) is 1.79. The van der Waals surface area contributed by atoms with Crippen molar-refractivity contribution in [2.75, 3.05) is 5.32 Å². The van der Waals surface area contributed by atoms with Gasteiger partial charge in [0.15, 0.2) is 11.2 Å². The fourth-order valence-electron chi connectivity index (χ4n) is 3.73. The number of aryl methyl sites for hydroxylation is 1. The van der Waals surface area contributed by atoms with E-state index in [0.29, 0.717) is 11.5 Å². The zero-order valence-corrected chi connectivity index (χ0v) is 19.1. The van der Waals surface area contributed by atoms with Crippen molar-refractivity contribution in [1.82, 2.24) is 28.2 Å². The second-order valence-corrected chi connectivity index (χ2v) is 9.35. The molecule has 3 heterocycles. The van der Waals surface area contributed by atoms with E-state index in [1.165, 1.54) is 10.8 Å². The lowest BCUT2D eigenvalue weighted by molar-refractivity contribution is 0.0505. The van der Waals surface area contributed by atoms with E-state index in [4.69, 9.17) is 4.74 Å². The molecule has 0 spiro atoms. The summed E-state index contributed by atoms with van der Waals surface area (Å²) in [5, 5.41) is 6.25. The molecule has 0 aromatic carbocycles. The molecule has 2 atom stereocenters. The molecule has 0 unspecified atom stereocenters. The number of fused-ring (bicyclic) bond motifs is 1. The molecule has 1 aliphatic rings. The molecule has 0 bridgehead atoms. The maximum absolute atomic E-state index is 12.7. The first kappa shape index (κ1) is 21.9. The fraction of sp³-hybridized carbons (Fsp3) is 0.500. The number of nitrogens with zero attached hydrogens (tertiary/aromatic N) is 5. The van der Waals surface area contributed by atoms with Gasteiger partial charge in [-0.25, -0.2) is 19.1 Å². The zero-order valence-electron chi connectivity index (χ0n) is 18.3. The van der Waals surface area contributed by atoms with Gasteiger partial charge in [0, 0.05) is 19.1 Å². The summed E-state index contributed by atoms with van der Waals surface area (Å²) < 4.78 is 15.7. The number of rotatable bonds is 4. The van der Waals surface area contributed by atoms with E-state index in [0.717, 1.165) is 35.6 Å². The number of pyridine rings is 1. The van der Waals surface area contributed by atoms with Crippen molar-refractivity contribution in [3.05, 3.63) is 39.2 Å². The second kappa shape index (κ2) is 8.34.